The van der Waals surface area contributed by atoms with Crippen LogP contribution >= 0.6 is 12.2 Å². The van der Waals surface area contributed by atoms with E-state index in [0.29, 0.717) is 12.3 Å². The molecule has 0 radical (unpaired) electrons. The van der Waals surface area contributed by atoms with Gasteiger partial charge in [0.05, 0.1) is 7.11 Å². The molecule has 2 aromatic carbocycles. The average molecular weight is 329 g/mol. The fraction of sp³-hybridized carbons (Fsp3) is 0.222. The van der Waals surface area contributed by atoms with Crippen molar-refractivity contribution in [3.63, 3.8) is 0 Å². The quantitative estimate of drug-likeness (QED) is 0.458. The number of hydrogen-bond acceptors (Lipinski definition) is 5. The molecule has 0 aliphatic heterocycles. The predicted octanol–water partition coefficient (Wildman–Crippen LogP) is 3.90. The van der Waals surface area contributed by atoms with Gasteiger partial charge in [-0.2, -0.15) is 0 Å². The fourth-order valence-corrected chi connectivity index (χ4v) is 2.28. The maximum absolute atomic E-state index is 5.93. The molecule has 4 nitrogen and oxygen atoms in total. The highest BCUT2D eigenvalue weighted by Gasteiger charge is 2.16. The Kier molecular flexibility index (Phi) is 6.11. The summed E-state index contributed by atoms with van der Waals surface area (Å²) in [5, 5.41) is 4.27. The zero-order chi connectivity index (χ0) is 16.7. The fourth-order valence-electron chi connectivity index (χ4n) is 2.14. The molecule has 0 heterocycles. The number of rotatable bonds is 6. The maximum Gasteiger partial charge on any atom is 0.214 e. The molecule has 0 aliphatic carbocycles. The smallest absolute Gasteiger partial charge is 0.214 e. The summed E-state index contributed by atoms with van der Waals surface area (Å²) in [6, 6.07) is 15.6. The van der Waals surface area contributed by atoms with Crippen LogP contribution in [0.3, 0.4) is 0 Å². The minimum Gasteiger partial charge on any atom is -0.489 e. The molecule has 0 aromatic heterocycles. The van der Waals surface area contributed by atoms with E-state index in [9.17, 15) is 0 Å². The van der Waals surface area contributed by atoms with E-state index in [1.54, 1.807) is 0 Å². The lowest BCUT2D eigenvalue weighted by Crippen LogP contribution is -2.18. The van der Waals surface area contributed by atoms with Gasteiger partial charge in [0.1, 0.15) is 19.5 Å². The number of thiocarbonyl (C=S) groups is 1. The standard InChI is InChI=1S/C18H19NO3S/c1-13-8-4-7-11-16(13)22-12-14-9-5-6-10-15(14)17(19-21-3)18(23)20-2/h4-11H,12H2,1-3H3. The third kappa shape index (κ3) is 4.29. The SMILES string of the molecule is CON=C(C(=S)OC)c1ccccc1COc1ccccc1C. The first-order valence-corrected chi connectivity index (χ1v) is 7.54. The van der Waals surface area contributed by atoms with Crippen molar-refractivity contribution < 1.29 is 14.3 Å². The van der Waals surface area contributed by atoms with Crippen molar-refractivity contribution in [2.45, 2.75) is 13.5 Å². The second-order valence-corrected chi connectivity index (χ2v) is 5.20. The highest BCUT2D eigenvalue weighted by Crippen LogP contribution is 2.20. The van der Waals surface area contributed by atoms with Crippen LogP contribution in [0.25, 0.3) is 0 Å². The van der Waals surface area contributed by atoms with Crippen LogP contribution < -0.4 is 4.74 Å². The maximum atomic E-state index is 5.93. The summed E-state index contributed by atoms with van der Waals surface area (Å²) in [5.74, 6) is 0.849. The number of ether oxygens (including phenoxy) is 2. The molecule has 0 amide bonds. The van der Waals surface area contributed by atoms with E-state index in [4.69, 9.17) is 26.5 Å². The lowest BCUT2D eigenvalue weighted by atomic mass is 10.0. The monoisotopic (exact) mass is 329 g/mol. The van der Waals surface area contributed by atoms with E-state index < -0.39 is 0 Å². The second-order valence-electron chi connectivity index (χ2n) is 4.83. The topological polar surface area (TPSA) is 40.0 Å². The first kappa shape index (κ1) is 17.0. The Morgan fingerprint density at radius 1 is 1.04 bits per heavy atom. The van der Waals surface area contributed by atoms with Gasteiger partial charge in [-0.25, -0.2) is 0 Å². The van der Waals surface area contributed by atoms with Crippen molar-refractivity contribution in [1.29, 1.82) is 0 Å². The number of nitrogens with zero attached hydrogens (tertiary/aromatic N) is 1. The van der Waals surface area contributed by atoms with Crippen LogP contribution in [0.5, 0.6) is 5.75 Å². The minimum atomic E-state index is 0.273. The molecule has 0 unspecified atom stereocenters. The van der Waals surface area contributed by atoms with Crippen molar-refractivity contribution in [2.75, 3.05) is 14.2 Å². The third-order valence-corrected chi connectivity index (χ3v) is 3.67. The summed E-state index contributed by atoms with van der Waals surface area (Å²) in [6.45, 7) is 2.41. The summed E-state index contributed by atoms with van der Waals surface area (Å²) in [4.78, 5) is 4.90. The van der Waals surface area contributed by atoms with Crippen molar-refractivity contribution in [3.05, 3.63) is 65.2 Å². The molecule has 0 saturated heterocycles. The first-order valence-electron chi connectivity index (χ1n) is 7.13. The van der Waals surface area contributed by atoms with E-state index in [0.717, 1.165) is 22.4 Å². The third-order valence-electron chi connectivity index (χ3n) is 3.31. The lowest BCUT2D eigenvalue weighted by Gasteiger charge is -2.13. The molecule has 23 heavy (non-hydrogen) atoms. The minimum absolute atomic E-state index is 0.273. The van der Waals surface area contributed by atoms with Gasteiger partial charge in [-0.3, -0.25) is 0 Å². The molecule has 5 heteroatoms. The summed E-state index contributed by atoms with van der Waals surface area (Å²) < 4.78 is 11.1. The molecule has 0 fully saturated rings. The van der Waals surface area contributed by atoms with E-state index in [2.05, 4.69) is 5.16 Å². The van der Waals surface area contributed by atoms with E-state index >= 15 is 0 Å². The highest BCUT2D eigenvalue weighted by atomic mass is 32.1. The molecular weight excluding hydrogens is 310 g/mol. The van der Waals surface area contributed by atoms with Crippen molar-refractivity contribution in [3.8, 4) is 5.75 Å². The first-order chi connectivity index (χ1) is 11.2. The van der Waals surface area contributed by atoms with Crippen LogP contribution in [0.2, 0.25) is 0 Å². The molecule has 0 aliphatic rings. The Balaban J connectivity index is 2.28. The Morgan fingerprint density at radius 3 is 2.43 bits per heavy atom. The molecule has 0 saturated carbocycles. The van der Waals surface area contributed by atoms with Crippen molar-refractivity contribution in [1.82, 2.24) is 0 Å². The summed E-state index contributed by atoms with van der Waals surface area (Å²) in [6.07, 6.45) is 0. The highest BCUT2D eigenvalue weighted by molar-refractivity contribution is 7.81. The Bertz CT molecular complexity index is 713. The van der Waals surface area contributed by atoms with Crippen LogP contribution in [0, 0.1) is 6.92 Å². The van der Waals surface area contributed by atoms with Gasteiger partial charge < -0.3 is 14.3 Å². The summed E-state index contributed by atoms with van der Waals surface area (Å²) in [5.41, 5.74) is 3.35. The summed E-state index contributed by atoms with van der Waals surface area (Å²) in [7, 11) is 2.99. The molecule has 2 aromatic rings. The molecule has 0 atom stereocenters. The molecule has 0 spiro atoms. The van der Waals surface area contributed by atoms with Gasteiger partial charge in [-0.15, -0.1) is 0 Å². The Morgan fingerprint density at radius 2 is 1.74 bits per heavy atom. The normalized spacial score (nSPS) is 11.0. The molecule has 0 N–H and O–H groups in total. The number of oxime groups is 1. The van der Waals surface area contributed by atoms with Crippen LogP contribution in [0.4, 0.5) is 0 Å². The number of para-hydroxylation sites is 1. The van der Waals surface area contributed by atoms with Crippen LogP contribution in [0.15, 0.2) is 53.7 Å². The number of benzene rings is 2. The second kappa shape index (κ2) is 8.29. The predicted molar refractivity (Wildman–Crippen MR) is 95.1 cm³/mol. The van der Waals surface area contributed by atoms with Crippen LogP contribution in [-0.2, 0) is 16.2 Å². The molecule has 2 rings (SSSR count). The van der Waals surface area contributed by atoms with Crippen LogP contribution in [0.1, 0.15) is 16.7 Å². The van der Waals surface area contributed by atoms with Gasteiger partial charge in [0.15, 0.2) is 5.71 Å². The van der Waals surface area contributed by atoms with Gasteiger partial charge in [0, 0.05) is 5.56 Å². The number of hydrogen-bond donors (Lipinski definition) is 0. The van der Waals surface area contributed by atoms with Gasteiger partial charge in [-0.05, 0) is 36.3 Å². The number of aryl methyl sites for hydroxylation is 1. The van der Waals surface area contributed by atoms with Crippen LogP contribution in [-0.4, -0.2) is 25.0 Å². The lowest BCUT2D eigenvalue weighted by molar-refractivity contribution is 0.213. The zero-order valence-electron chi connectivity index (χ0n) is 13.4. The van der Waals surface area contributed by atoms with Crippen molar-refractivity contribution >= 4 is 23.0 Å². The molecule has 120 valence electrons. The van der Waals surface area contributed by atoms with E-state index in [1.165, 1.54) is 14.2 Å². The van der Waals surface area contributed by atoms with E-state index in [-0.39, 0.29) is 5.05 Å². The average Bonchev–Trinajstić information content (AvgIpc) is 2.59. The van der Waals surface area contributed by atoms with Crippen molar-refractivity contribution in [2.24, 2.45) is 5.16 Å². The number of methoxy groups -OCH3 is 1. The van der Waals surface area contributed by atoms with Gasteiger partial charge >= 0.3 is 0 Å². The summed E-state index contributed by atoms with van der Waals surface area (Å²) >= 11 is 5.21. The van der Waals surface area contributed by atoms with Gasteiger partial charge in [0.25, 0.3) is 0 Å². The largest absolute Gasteiger partial charge is 0.489 e. The molecular formula is C18H19NO3S. The van der Waals surface area contributed by atoms with Gasteiger partial charge in [-0.1, -0.05) is 47.6 Å². The Labute approximate surface area is 141 Å². The zero-order valence-corrected chi connectivity index (χ0v) is 14.2. The van der Waals surface area contributed by atoms with E-state index in [1.807, 2.05) is 55.5 Å². The molecule has 0 bridgehead atoms. The Hall–Kier alpha value is -2.40. The van der Waals surface area contributed by atoms with Gasteiger partial charge in [0.2, 0.25) is 5.05 Å².